The van der Waals surface area contributed by atoms with E-state index in [0.717, 1.165) is 6.08 Å². The monoisotopic (exact) mass is 305 g/mol. The predicted octanol–water partition coefficient (Wildman–Crippen LogP) is 2.32. The molecule has 1 unspecified atom stereocenters. The Morgan fingerprint density at radius 2 is 2.18 bits per heavy atom. The number of hydrogen-bond acceptors (Lipinski definition) is 4. The summed E-state index contributed by atoms with van der Waals surface area (Å²) >= 11 is 0. The highest BCUT2D eigenvalue weighted by Gasteiger charge is 2.34. The molecule has 0 saturated heterocycles. The maximum Gasteiger partial charge on any atom is 0.328 e. The van der Waals surface area contributed by atoms with Gasteiger partial charge >= 0.3 is 5.97 Å². The Morgan fingerprint density at radius 3 is 2.73 bits per heavy atom. The van der Waals surface area contributed by atoms with E-state index in [9.17, 15) is 9.59 Å². The largest absolute Gasteiger partial charge is 0.493 e. The first-order valence-electron chi connectivity index (χ1n) is 7.12. The smallest absolute Gasteiger partial charge is 0.328 e. The Labute approximate surface area is 128 Å². The lowest BCUT2D eigenvalue weighted by Crippen LogP contribution is -2.45. The molecule has 1 aromatic rings. The SMILES string of the molecule is CCC1Oc2c(OC)cc(/C=C/C(=O)O)cc2N(CC)C1=O. The maximum absolute atomic E-state index is 12.4. The van der Waals surface area contributed by atoms with Crippen molar-refractivity contribution in [3.05, 3.63) is 23.8 Å². The van der Waals surface area contributed by atoms with E-state index < -0.39 is 12.1 Å². The Bertz CT molecular complexity index is 623. The molecule has 22 heavy (non-hydrogen) atoms. The predicted molar refractivity (Wildman–Crippen MR) is 82.4 cm³/mol. The lowest BCUT2D eigenvalue weighted by molar-refractivity contribution is -0.131. The number of nitrogens with zero attached hydrogens (tertiary/aromatic N) is 1. The Kier molecular flexibility index (Phi) is 4.70. The number of carbonyl (C=O) groups is 2. The molecule has 1 aromatic carbocycles. The van der Waals surface area contributed by atoms with Crippen LogP contribution in [0, 0.1) is 0 Å². The molecule has 0 spiro atoms. The van der Waals surface area contributed by atoms with E-state index in [4.69, 9.17) is 14.6 Å². The summed E-state index contributed by atoms with van der Waals surface area (Å²) in [6, 6.07) is 3.42. The topological polar surface area (TPSA) is 76.1 Å². The second-order valence-electron chi connectivity index (χ2n) is 4.84. The highest BCUT2D eigenvalue weighted by atomic mass is 16.5. The summed E-state index contributed by atoms with van der Waals surface area (Å²) in [5, 5.41) is 8.74. The second-order valence-corrected chi connectivity index (χ2v) is 4.84. The van der Waals surface area contributed by atoms with Gasteiger partial charge in [-0.2, -0.15) is 0 Å². The number of carboxylic acid groups (broad SMARTS) is 1. The van der Waals surface area contributed by atoms with Gasteiger partial charge in [0.15, 0.2) is 17.6 Å². The van der Waals surface area contributed by atoms with Gasteiger partial charge in [0.05, 0.1) is 12.8 Å². The Morgan fingerprint density at radius 1 is 1.45 bits per heavy atom. The van der Waals surface area contributed by atoms with Crippen LogP contribution in [0.5, 0.6) is 11.5 Å². The van der Waals surface area contributed by atoms with Gasteiger partial charge in [-0.25, -0.2) is 4.79 Å². The van der Waals surface area contributed by atoms with Crippen LogP contribution in [0.2, 0.25) is 0 Å². The molecule has 1 amide bonds. The molecule has 2 rings (SSSR count). The molecule has 0 fully saturated rings. The minimum Gasteiger partial charge on any atom is -0.493 e. The molecule has 1 aliphatic rings. The molecule has 6 heteroatoms. The van der Waals surface area contributed by atoms with Crippen molar-refractivity contribution in [3.8, 4) is 11.5 Å². The number of methoxy groups -OCH3 is 1. The Hall–Kier alpha value is -2.50. The van der Waals surface area contributed by atoms with Crippen LogP contribution in [0.25, 0.3) is 6.08 Å². The van der Waals surface area contributed by atoms with Crippen LogP contribution in [-0.2, 0) is 9.59 Å². The lowest BCUT2D eigenvalue weighted by atomic mass is 10.1. The molecular formula is C16H19NO5. The summed E-state index contributed by atoms with van der Waals surface area (Å²) in [7, 11) is 1.51. The number of ether oxygens (including phenoxy) is 2. The van der Waals surface area contributed by atoms with Crippen LogP contribution >= 0.6 is 0 Å². The van der Waals surface area contributed by atoms with E-state index in [0.29, 0.717) is 35.7 Å². The van der Waals surface area contributed by atoms with Gasteiger partial charge in [0.1, 0.15) is 0 Å². The molecule has 1 aliphatic heterocycles. The minimum absolute atomic E-state index is 0.0982. The molecule has 0 aromatic heterocycles. The number of anilines is 1. The molecule has 1 atom stereocenters. The number of aliphatic carboxylic acids is 1. The average molecular weight is 305 g/mol. The van der Waals surface area contributed by atoms with E-state index >= 15 is 0 Å². The van der Waals surface area contributed by atoms with Crippen molar-refractivity contribution < 1.29 is 24.2 Å². The third-order valence-electron chi connectivity index (χ3n) is 3.48. The molecule has 0 bridgehead atoms. The fourth-order valence-electron chi connectivity index (χ4n) is 2.41. The van der Waals surface area contributed by atoms with Crippen molar-refractivity contribution in [2.45, 2.75) is 26.4 Å². The first kappa shape index (κ1) is 15.9. The van der Waals surface area contributed by atoms with Crippen LogP contribution in [0.4, 0.5) is 5.69 Å². The van der Waals surface area contributed by atoms with Crippen LogP contribution in [-0.4, -0.2) is 36.7 Å². The van der Waals surface area contributed by atoms with Gasteiger partial charge in [0, 0.05) is 12.6 Å². The van der Waals surface area contributed by atoms with E-state index in [1.165, 1.54) is 13.2 Å². The third kappa shape index (κ3) is 2.90. The van der Waals surface area contributed by atoms with Crippen molar-refractivity contribution in [2.24, 2.45) is 0 Å². The van der Waals surface area contributed by atoms with E-state index in [2.05, 4.69) is 0 Å². The number of fused-ring (bicyclic) bond motifs is 1. The van der Waals surface area contributed by atoms with Gasteiger partial charge < -0.3 is 19.5 Å². The standard InChI is InChI=1S/C16H19NO5/c1-4-12-16(20)17(5-2)11-8-10(6-7-14(18)19)9-13(21-3)15(11)22-12/h6-9,12H,4-5H2,1-3H3,(H,18,19)/b7-6+. The zero-order valence-electron chi connectivity index (χ0n) is 12.8. The number of amides is 1. The summed E-state index contributed by atoms with van der Waals surface area (Å²) < 4.78 is 11.1. The zero-order valence-corrected chi connectivity index (χ0v) is 12.8. The summed E-state index contributed by atoms with van der Waals surface area (Å²) in [5.74, 6) is -0.142. The number of carbonyl (C=O) groups excluding carboxylic acids is 1. The molecule has 0 radical (unpaired) electrons. The van der Waals surface area contributed by atoms with Crippen LogP contribution in [0.15, 0.2) is 18.2 Å². The maximum atomic E-state index is 12.4. The lowest BCUT2D eigenvalue weighted by Gasteiger charge is -2.34. The fourth-order valence-corrected chi connectivity index (χ4v) is 2.41. The summed E-state index contributed by atoms with van der Waals surface area (Å²) in [5.41, 5.74) is 1.23. The summed E-state index contributed by atoms with van der Waals surface area (Å²) in [6.45, 7) is 4.27. The summed E-state index contributed by atoms with van der Waals surface area (Å²) in [6.07, 6.45) is 2.54. The number of rotatable bonds is 5. The first-order chi connectivity index (χ1) is 10.5. The van der Waals surface area contributed by atoms with E-state index in [1.807, 2.05) is 13.8 Å². The minimum atomic E-state index is -1.04. The highest BCUT2D eigenvalue weighted by Crippen LogP contribution is 2.43. The number of benzene rings is 1. The van der Waals surface area contributed by atoms with Crippen LogP contribution in [0.1, 0.15) is 25.8 Å². The Balaban J connectivity index is 2.55. The molecule has 0 aliphatic carbocycles. The molecule has 1 N–H and O–H groups in total. The van der Waals surface area contributed by atoms with Gasteiger partial charge in [-0.3, -0.25) is 4.79 Å². The number of carboxylic acids is 1. The normalized spacial score (nSPS) is 17.3. The quantitative estimate of drug-likeness (QED) is 0.845. The molecule has 1 heterocycles. The van der Waals surface area contributed by atoms with Crippen molar-refractivity contribution in [1.82, 2.24) is 0 Å². The van der Waals surface area contributed by atoms with E-state index in [-0.39, 0.29) is 5.91 Å². The first-order valence-corrected chi connectivity index (χ1v) is 7.12. The average Bonchev–Trinajstić information content (AvgIpc) is 2.51. The van der Waals surface area contributed by atoms with Gasteiger partial charge in [0.25, 0.3) is 5.91 Å². The van der Waals surface area contributed by atoms with Crippen LogP contribution in [0.3, 0.4) is 0 Å². The van der Waals surface area contributed by atoms with Crippen molar-refractivity contribution in [2.75, 3.05) is 18.6 Å². The van der Waals surface area contributed by atoms with Gasteiger partial charge in [-0.05, 0) is 37.1 Å². The fraction of sp³-hybridized carbons (Fsp3) is 0.375. The molecular weight excluding hydrogens is 286 g/mol. The van der Waals surface area contributed by atoms with Crippen molar-refractivity contribution in [1.29, 1.82) is 0 Å². The van der Waals surface area contributed by atoms with Crippen molar-refractivity contribution in [3.63, 3.8) is 0 Å². The van der Waals surface area contributed by atoms with Gasteiger partial charge in [-0.1, -0.05) is 6.92 Å². The highest BCUT2D eigenvalue weighted by molar-refractivity contribution is 6.01. The van der Waals surface area contributed by atoms with Crippen LogP contribution < -0.4 is 14.4 Å². The molecule has 0 saturated carbocycles. The van der Waals surface area contributed by atoms with Gasteiger partial charge in [0.2, 0.25) is 0 Å². The number of likely N-dealkylation sites (N-methyl/N-ethyl adjacent to an activating group) is 1. The number of hydrogen-bond donors (Lipinski definition) is 1. The zero-order chi connectivity index (χ0) is 16.3. The van der Waals surface area contributed by atoms with Crippen molar-refractivity contribution >= 4 is 23.6 Å². The third-order valence-corrected chi connectivity index (χ3v) is 3.48. The van der Waals surface area contributed by atoms with Gasteiger partial charge in [-0.15, -0.1) is 0 Å². The summed E-state index contributed by atoms with van der Waals surface area (Å²) in [4.78, 5) is 24.7. The van der Waals surface area contributed by atoms with E-state index in [1.54, 1.807) is 17.0 Å². The molecule has 118 valence electrons. The second kappa shape index (κ2) is 6.51. The molecule has 6 nitrogen and oxygen atoms in total.